The Bertz CT molecular complexity index is 432. The summed E-state index contributed by atoms with van der Waals surface area (Å²) in [6.45, 7) is 2.64. The number of pyridine rings is 1. The number of hydrogen-bond donors (Lipinski definition) is 2. The van der Waals surface area contributed by atoms with Gasteiger partial charge in [-0.05, 0) is 30.2 Å². The molecule has 0 atom stereocenters. The number of benzene rings is 1. The van der Waals surface area contributed by atoms with Crippen molar-refractivity contribution in [2.24, 2.45) is 5.84 Å². The first kappa shape index (κ1) is 12.4. The normalized spacial score (nSPS) is 10.1. The van der Waals surface area contributed by atoms with Gasteiger partial charge in [0.25, 0.3) is 0 Å². The van der Waals surface area contributed by atoms with E-state index in [1.165, 1.54) is 5.56 Å². The average molecular weight is 243 g/mol. The zero-order valence-electron chi connectivity index (χ0n) is 10.4. The molecule has 0 spiro atoms. The standard InChI is InChI=1S/C14H17N3O/c1-2-11-3-6-13(7-4-11)18-10-12-5-8-14(17-15)16-9-12/h3-9H,2,10,15H2,1H3,(H,16,17). The molecular formula is C14H17N3O. The summed E-state index contributed by atoms with van der Waals surface area (Å²) in [6.07, 6.45) is 2.79. The van der Waals surface area contributed by atoms with Crippen LogP contribution in [0.5, 0.6) is 5.75 Å². The molecule has 0 aliphatic carbocycles. The number of nitrogens with one attached hydrogen (secondary N) is 1. The molecule has 0 aliphatic heterocycles. The Morgan fingerprint density at radius 3 is 2.39 bits per heavy atom. The minimum Gasteiger partial charge on any atom is -0.489 e. The zero-order valence-corrected chi connectivity index (χ0v) is 10.4. The fourth-order valence-electron chi connectivity index (χ4n) is 1.58. The molecule has 4 nitrogen and oxygen atoms in total. The first-order chi connectivity index (χ1) is 8.81. The van der Waals surface area contributed by atoms with E-state index in [0.29, 0.717) is 12.4 Å². The first-order valence-electron chi connectivity index (χ1n) is 5.95. The molecule has 0 saturated heterocycles. The Morgan fingerprint density at radius 2 is 1.83 bits per heavy atom. The number of nitrogen functional groups attached to an aromatic ring is 1. The number of aromatic nitrogens is 1. The highest BCUT2D eigenvalue weighted by Gasteiger charge is 1.97. The lowest BCUT2D eigenvalue weighted by Gasteiger charge is -2.07. The van der Waals surface area contributed by atoms with Crippen LogP contribution in [0.25, 0.3) is 0 Å². The molecule has 0 amide bonds. The average Bonchev–Trinajstić information content (AvgIpc) is 2.46. The molecule has 0 saturated carbocycles. The van der Waals surface area contributed by atoms with Crippen LogP contribution in [0, 0.1) is 0 Å². The molecule has 1 aromatic carbocycles. The van der Waals surface area contributed by atoms with Crippen molar-refractivity contribution in [2.45, 2.75) is 20.0 Å². The van der Waals surface area contributed by atoms with Crippen molar-refractivity contribution in [3.63, 3.8) is 0 Å². The summed E-state index contributed by atoms with van der Waals surface area (Å²) < 4.78 is 5.67. The van der Waals surface area contributed by atoms with Crippen molar-refractivity contribution in [1.29, 1.82) is 0 Å². The predicted molar refractivity (Wildman–Crippen MR) is 72.2 cm³/mol. The van der Waals surface area contributed by atoms with Crippen LogP contribution in [0.3, 0.4) is 0 Å². The van der Waals surface area contributed by atoms with Gasteiger partial charge in [-0.3, -0.25) is 0 Å². The molecule has 2 rings (SSSR count). The van der Waals surface area contributed by atoms with Gasteiger partial charge in [-0.15, -0.1) is 0 Å². The van der Waals surface area contributed by atoms with Crippen molar-refractivity contribution in [3.05, 3.63) is 53.7 Å². The maximum Gasteiger partial charge on any atom is 0.139 e. The van der Waals surface area contributed by atoms with Gasteiger partial charge in [0.1, 0.15) is 18.2 Å². The van der Waals surface area contributed by atoms with Crippen LogP contribution in [0.2, 0.25) is 0 Å². The largest absolute Gasteiger partial charge is 0.489 e. The molecule has 1 aromatic heterocycles. The molecule has 0 fully saturated rings. The van der Waals surface area contributed by atoms with Crippen molar-refractivity contribution >= 4 is 5.82 Å². The molecule has 94 valence electrons. The quantitative estimate of drug-likeness (QED) is 0.625. The van der Waals surface area contributed by atoms with Crippen molar-refractivity contribution in [3.8, 4) is 5.75 Å². The Kier molecular flexibility index (Phi) is 4.15. The van der Waals surface area contributed by atoms with E-state index < -0.39 is 0 Å². The minimum absolute atomic E-state index is 0.503. The van der Waals surface area contributed by atoms with Gasteiger partial charge < -0.3 is 10.2 Å². The summed E-state index contributed by atoms with van der Waals surface area (Å²) in [6, 6.07) is 11.9. The summed E-state index contributed by atoms with van der Waals surface area (Å²) in [5.74, 6) is 6.76. The number of anilines is 1. The second-order valence-corrected chi connectivity index (χ2v) is 3.98. The lowest BCUT2D eigenvalue weighted by molar-refractivity contribution is 0.305. The highest BCUT2D eigenvalue weighted by Crippen LogP contribution is 2.14. The number of nitrogens with two attached hydrogens (primary N) is 1. The van der Waals surface area contributed by atoms with Crippen molar-refractivity contribution in [1.82, 2.24) is 4.98 Å². The van der Waals surface area contributed by atoms with Gasteiger partial charge >= 0.3 is 0 Å². The number of nitrogens with zero attached hydrogens (tertiary/aromatic N) is 1. The third-order valence-electron chi connectivity index (χ3n) is 2.71. The second-order valence-electron chi connectivity index (χ2n) is 3.98. The third kappa shape index (κ3) is 3.21. The van der Waals surface area contributed by atoms with Crippen LogP contribution in [-0.2, 0) is 13.0 Å². The Morgan fingerprint density at radius 1 is 1.11 bits per heavy atom. The third-order valence-corrected chi connectivity index (χ3v) is 2.71. The van der Waals surface area contributed by atoms with Gasteiger partial charge in [0.05, 0.1) is 0 Å². The second kappa shape index (κ2) is 6.02. The number of rotatable bonds is 5. The van der Waals surface area contributed by atoms with E-state index in [0.717, 1.165) is 17.7 Å². The van der Waals surface area contributed by atoms with E-state index in [1.807, 2.05) is 24.3 Å². The van der Waals surface area contributed by atoms with E-state index in [2.05, 4.69) is 29.5 Å². The first-order valence-corrected chi connectivity index (χ1v) is 5.95. The van der Waals surface area contributed by atoms with Gasteiger partial charge in [0, 0.05) is 11.8 Å². The highest BCUT2D eigenvalue weighted by atomic mass is 16.5. The molecule has 0 radical (unpaired) electrons. The Labute approximate surface area is 107 Å². The number of hydrogen-bond acceptors (Lipinski definition) is 4. The minimum atomic E-state index is 0.503. The summed E-state index contributed by atoms with van der Waals surface area (Å²) in [5.41, 5.74) is 4.80. The lowest BCUT2D eigenvalue weighted by Crippen LogP contribution is -2.08. The fraction of sp³-hybridized carbons (Fsp3) is 0.214. The van der Waals surface area contributed by atoms with Gasteiger partial charge in [0.15, 0.2) is 0 Å². The van der Waals surface area contributed by atoms with Crippen LogP contribution >= 0.6 is 0 Å². The fourth-order valence-corrected chi connectivity index (χ4v) is 1.58. The molecule has 0 aliphatic rings. The SMILES string of the molecule is CCc1ccc(OCc2ccc(NN)nc2)cc1. The topological polar surface area (TPSA) is 60.2 Å². The summed E-state index contributed by atoms with van der Waals surface area (Å²) >= 11 is 0. The molecule has 4 heteroatoms. The van der Waals surface area contributed by atoms with E-state index in [-0.39, 0.29) is 0 Å². The van der Waals surface area contributed by atoms with E-state index in [4.69, 9.17) is 10.6 Å². The van der Waals surface area contributed by atoms with Crippen LogP contribution < -0.4 is 16.0 Å². The number of ether oxygens (including phenoxy) is 1. The van der Waals surface area contributed by atoms with Gasteiger partial charge in [-0.2, -0.15) is 0 Å². The van der Waals surface area contributed by atoms with E-state index >= 15 is 0 Å². The molecule has 2 aromatic rings. The lowest BCUT2D eigenvalue weighted by atomic mass is 10.2. The van der Waals surface area contributed by atoms with Gasteiger partial charge in [0.2, 0.25) is 0 Å². The van der Waals surface area contributed by atoms with Crippen LogP contribution in [0.4, 0.5) is 5.82 Å². The predicted octanol–water partition coefficient (Wildman–Crippen LogP) is 2.51. The maximum atomic E-state index is 5.67. The summed E-state index contributed by atoms with van der Waals surface area (Å²) in [4.78, 5) is 4.12. The molecule has 18 heavy (non-hydrogen) atoms. The monoisotopic (exact) mass is 243 g/mol. The Hall–Kier alpha value is -2.07. The molecule has 0 unspecified atom stereocenters. The van der Waals surface area contributed by atoms with Crippen LogP contribution in [-0.4, -0.2) is 4.98 Å². The number of aryl methyl sites for hydroxylation is 1. The summed E-state index contributed by atoms with van der Waals surface area (Å²) in [7, 11) is 0. The van der Waals surface area contributed by atoms with Crippen LogP contribution in [0.15, 0.2) is 42.6 Å². The zero-order chi connectivity index (χ0) is 12.8. The van der Waals surface area contributed by atoms with Crippen molar-refractivity contribution < 1.29 is 4.74 Å². The molecule has 3 N–H and O–H groups in total. The molecular weight excluding hydrogens is 226 g/mol. The van der Waals surface area contributed by atoms with E-state index in [9.17, 15) is 0 Å². The molecule has 1 heterocycles. The van der Waals surface area contributed by atoms with E-state index in [1.54, 1.807) is 6.20 Å². The Balaban J connectivity index is 1.93. The molecule has 0 bridgehead atoms. The smallest absolute Gasteiger partial charge is 0.139 e. The number of hydrazine groups is 1. The maximum absolute atomic E-state index is 5.67. The highest BCUT2D eigenvalue weighted by molar-refractivity contribution is 5.34. The van der Waals surface area contributed by atoms with Crippen LogP contribution in [0.1, 0.15) is 18.1 Å². The van der Waals surface area contributed by atoms with Crippen molar-refractivity contribution in [2.75, 3.05) is 5.43 Å². The van der Waals surface area contributed by atoms with Gasteiger partial charge in [-0.1, -0.05) is 25.1 Å². The summed E-state index contributed by atoms with van der Waals surface area (Å²) in [5, 5.41) is 0. The van der Waals surface area contributed by atoms with Gasteiger partial charge in [-0.25, -0.2) is 10.8 Å².